The number of hydrogen-bond donors (Lipinski definition) is 0. The van der Waals surface area contributed by atoms with Gasteiger partial charge in [-0.05, 0) is 25.7 Å². The highest BCUT2D eigenvalue weighted by molar-refractivity contribution is 9.09. The Morgan fingerprint density at radius 2 is 2.33 bits per heavy atom. The number of carbonyl (C=O) groups is 1. The molecule has 0 saturated carbocycles. The molecule has 0 spiro atoms. The van der Waals surface area contributed by atoms with Crippen LogP contribution in [0.2, 0.25) is 0 Å². The highest BCUT2D eigenvalue weighted by atomic mass is 79.9. The fraction of sp³-hybridized carbons (Fsp3) is 0.889. The van der Waals surface area contributed by atoms with Crippen molar-refractivity contribution in [1.82, 2.24) is 4.90 Å². The average Bonchev–Trinajstić information content (AvgIpc) is 2.16. The van der Waals surface area contributed by atoms with Gasteiger partial charge >= 0.3 is 0 Å². The summed E-state index contributed by atoms with van der Waals surface area (Å²) in [6, 6.07) is 0.504. The highest BCUT2D eigenvalue weighted by Crippen LogP contribution is 2.19. The van der Waals surface area contributed by atoms with Crippen molar-refractivity contribution in [2.75, 3.05) is 11.9 Å². The normalized spacial score (nSPS) is 24.2. The van der Waals surface area contributed by atoms with Crippen LogP contribution in [0.3, 0.4) is 0 Å². The summed E-state index contributed by atoms with van der Waals surface area (Å²) in [5.41, 5.74) is 0. The lowest BCUT2D eigenvalue weighted by Crippen LogP contribution is -2.43. The van der Waals surface area contributed by atoms with Gasteiger partial charge in [-0.2, -0.15) is 0 Å². The van der Waals surface area contributed by atoms with Gasteiger partial charge in [0.25, 0.3) is 0 Å². The number of rotatable bonds is 2. The number of piperidine rings is 1. The average molecular weight is 234 g/mol. The van der Waals surface area contributed by atoms with Crippen molar-refractivity contribution >= 4 is 21.8 Å². The van der Waals surface area contributed by atoms with Crippen LogP contribution in [0.1, 0.15) is 32.6 Å². The molecule has 1 rings (SSSR count). The maximum atomic E-state index is 11.4. The van der Waals surface area contributed by atoms with Gasteiger partial charge in [0.1, 0.15) is 0 Å². The van der Waals surface area contributed by atoms with Gasteiger partial charge in [-0.3, -0.25) is 4.79 Å². The minimum absolute atomic E-state index is 0.251. The van der Waals surface area contributed by atoms with Gasteiger partial charge in [-0.25, -0.2) is 0 Å². The lowest BCUT2D eigenvalue weighted by atomic mass is 10.0. The maximum absolute atomic E-state index is 11.4. The Morgan fingerprint density at radius 3 is 2.92 bits per heavy atom. The van der Waals surface area contributed by atoms with E-state index in [0.717, 1.165) is 13.0 Å². The Morgan fingerprint density at radius 1 is 1.58 bits per heavy atom. The topological polar surface area (TPSA) is 20.3 Å². The van der Waals surface area contributed by atoms with E-state index in [9.17, 15) is 4.79 Å². The van der Waals surface area contributed by atoms with Crippen LogP contribution < -0.4 is 0 Å². The van der Waals surface area contributed by atoms with Gasteiger partial charge in [-0.15, -0.1) is 0 Å². The second-order valence-electron chi connectivity index (χ2n) is 3.28. The molecule has 12 heavy (non-hydrogen) atoms. The fourth-order valence-corrected chi connectivity index (χ4v) is 2.15. The van der Waals surface area contributed by atoms with E-state index >= 15 is 0 Å². The summed E-state index contributed by atoms with van der Waals surface area (Å²) >= 11 is 3.22. The summed E-state index contributed by atoms with van der Waals surface area (Å²) in [5.74, 6) is 0.251. The number of hydrogen-bond acceptors (Lipinski definition) is 1. The quantitative estimate of drug-likeness (QED) is 0.670. The molecule has 0 aromatic heterocycles. The van der Waals surface area contributed by atoms with E-state index in [1.807, 2.05) is 4.90 Å². The zero-order chi connectivity index (χ0) is 8.97. The molecule has 1 saturated heterocycles. The summed E-state index contributed by atoms with van der Waals surface area (Å²) in [5, 5.41) is 0.476. The minimum atomic E-state index is 0.251. The largest absolute Gasteiger partial charge is 0.339 e. The predicted molar refractivity (Wildman–Crippen MR) is 53.4 cm³/mol. The van der Waals surface area contributed by atoms with Crippen molar-refractivity contribution in [3.8, 4) is 0 Å². The second kappa shape index (κ2) is 4.85. The number of carbonyl (C=O) groups excluding carboxylic acids is 1. The lowest BCUT2D eigenvalue weighted by Gasteiger charge is -2.34. The van der Waals surface area contributed by atoms with Crippen LogP contribution in [0.25, 0.3) is 0 Å². The van der Waals surface area contributed by atoms with Crippen LogP contribution in [0.15, 0.2) is 0 Å². The molecule has 0 aromatic carbocycles. The summed E-state index contributed by atoms with van der Waals surface area (Å²) in [6.45, 7) is 3.12. The first-order valence-corrected chi connectivity index (χ1v) is 5.77. The van der Waals surface area contributed by atoms with Crippen molar-refractivity contribution in [2.24, 2.45) is 0 Å². The van der Waals surface area contributed by atoms with Crippen LogP contribution in [-0.2, 0) is 4.79 Å². The van der Waals surface area contributed by atoms with Crippen molar-refractivity contribution in [1.29, 1.82) is 0 Å². The molecule has 2 nitrogen and oxygen atoms in total. The van der Waals surface area contributed by atoms with Crippen LogP contribution in [-0.4, -0.2) is 28.7 Å². The molecule has 1 heterocycles. The molecule has 1 aliphatic heterocycles. The molecule has 1 amide bonds. The van der Waals surface area contributed by atoms with E-state index < -0.39 is 0 Å². The third-order valence-electron chi connectivity index (χ3n) is 2.53. The molecule has 1 fully saturated rings. The highest BCUT2D eigenvalue weighted by Gasteiger charge is 2.23. The second-order valence-corrected chi connectivity index (χ2v) is 3.84. The molecule has 0 aliphatic carbocycles. The molecule has 70 valence electrons. The zero-order valence-electron chi connectivity index (χ0n) is 7.55. The lowest BCUT2D eigenvalue weighted by molar-refractivity contribution is -0.131. The van der Waals surface area contributed by atoms with E-state index in [0.29, 0.717) is 11.4 Å². The summed E-state index contributed by atoms with van der Waals surface area (Å²) in [6.07, 6.45) is 4.74. The number of nitrogens with zero attached hydrogens (tertiary/aromatic N) is 1. The molecule has 1 aliphatic rings. The first-order valence-electron chi connectivity index (χ1n) is 4.65. The summed E-state index contributed by atoms with van der Waals surface area (Å²) < 4.78 is 0. The fourth-order valence-electron chi connectivity index (χ4n) is 1.83. The Balaban J connectivity index is 2.52. The predicted octanol–water partition coefficient (Wildman–Crippen LogP) is 2.17. The Labute approximate surface area is 82.4 Å². The van der Waals surface area contributed by atoms with Crippen molar-refractivity contribution in [3.63, 3.8) is 0 Å². The molecule has 0 aromatic rings. The van der Waals surface area contributed by atoms with Crippen molar-refractivity contribution in [2.45, 2.75) is 38.6 Å². The Bertz CT molecular complexity index is 161. The number of amides is 1. The maximum Gasteiger partial charge on any atom is 0.233 e. The third-order valence-corrected chi connectivity index (χ3v) is 3.01. The number of likely N-dealkylation sites (tertiary alicyclic amines) is 1. The number of halogens is 1. The standard InChI is InChI=1S/C9H16BrNO/c1-2-8-5-3-4-6-11(8)9(12)7-10/h8H,2-7H2,1H3. The Hall–Kier alpha value is -0.0500. The zero-order valence-corrected chi connectivity index (χ0v) is 9.14. The SMILES string of the molecule is CCC1CCCCN1C(=O)CBr. The summed E-state index contributed by atoms with van der Waals surface area (Å²) in [7, 11) is 0. The molecule has 1 atom stereocenters. The molecule has 0 bridgehead atoms. The smallest absolute Gasteiger partial charge is 0.233 e. The summed E-state index contributed by atoms with van der Waals surface area (Å²) in [4.78, 5) is 13.4. The molecule has 3 heteroatoms. The van der Waals surface area contributed by atoms with Gasteiger partial charge < -0.3 is 4.90 Å². The van der Waals surface area contributed by atoms with Crippen LogP contribution in [0.5, 0.6) is 0 Å². The molecule has 0 N–H and O–H groups in total. The first kappa shape index (κ1) is 10.0. The van der Waals surface area contributed by atoms with E-state index in [-0.39, 0.29) is 5.91 Å². The van der Waals surface area contributed by atoms with E-state index in [1.54, 1.807) is 0 Å². The van der Waals surface area contributed by atoms with E-state index in [4.69, 9.17) is 0 Å². The van der Waals surface area contributed by atoms with Crippen LogP contribution in [0, 0.1) is 0 Å². The minimum Gasteiger partial charge on any atom is -0.339 e. The Kier molecular flexibility index (Phi) is 4.06. The van der Waals surface area contributed by atoms with Gasteiger partial charge in [0.05, 0.1) is 5.33 Å². The van der Waals surface area contributed by atoms with Gasteiger partial charge in [0.15, 0.2) is 0 Å². The van der Waals surface area contributed by atoms with Gasteiger partial charge in [0.2, 0.25) is 5.91 Å². The van der Waals surface area contributed by atoms with Crippen molar-refractivity contribution in [3.05, 3.63) is 0 Å². The van der Waals surface area contributed by atoms with E-state index in [2.05, 4.69) is 22.9 Å². The van der Waals surface area contributed by atoms with Gasteiger partial charge in [-0.1, -0.05) is 22.9 Å². The first-order chi connectivity index (χ1) is 5.79. The monoisotopic (exact) mass is 233 g/mol. The van der Waals surface area contributed by atoms with Crippen LogP contribution >= 0.6 is 15.9 Å². The molecule has 0 radical (unpaired) electrons. The van der Waals surface area contributed by atoms with Crippen molar-refractivity contribution < 1.29 is 4.79 Å². The third kappa shape index (κ3) is 2.22. The molecular weight excluding hydrogens is 218 g/mol. The van der Waals surface area contributed by atoms with Crippen LogP contribution in [0.4, 0.5) is 0 Å². The van der Waals surface area contributed by atoms with Gasteiger partial charge in [0, 0.05) is 12.6 Å². The molecule has 1 unspecified atom stereocenters. The van der Waals surface area contributed by atoms with E-state index in [1.165, 1.54) is 19.3 Å². The molecular formula is C9H16BrNO. The number of alkyl halides is 1.